The van der Waals surface area contributed by atoms with E-state index in [2.05, 4.69) is 4.74 Å². The molecule has 0 radical (unpaired) electrons. The maximum Gasteiger partial charge on any atom is 0.324 e. The maximum absolute atomic E-state index is 11.4. The second-order valence-corrected chi connectivity index (χ2v) is 5.21. The van der Waals surface area contributed by atoms with Crippen molar-refractivity contribution in [2.24, 2.45) is 0 Å². The van der Waals surface area contributed by atoms with Crippen molar-refractivity contribution in [1.82, 2.24) is 4.72 Å². The third-order valence-electron chi connectivity index (χ3n) is 1.82. The number of hydrogen-bond acceptors (Lipinski definition) is 5. The second kappa shape index (κ2) is 6.79. The van der Waals surface area contributed by atoms with Crippen LogP contribution in [0, 0.1) is 0 Å². The number of carbonyl (C=O) groups is 1. The number of nitrogens with one attached hydrogen (secondary N) is 1. The molecule has 0 bridgehead atoms. The van der Waals surface area contributed by atoms with Crippen molar-refractivity contribution in [3.63, 3.8) is 0 Å². The molecule has 0 aliphatic carbocycles. The summed E-state index contributed by atoms with van der Waals surface area (Å²) in [6.45, 7) is 1.48. The SMILES string of the molecule is COCCCS(=O)(=O)NC(C(=O)O)C(C)O. The first-order chi connectivity index (χ1) is 7.30. The van der Waals surface area contributed by atoms with Crippen LogP contribution in [0.4, 0.5) is 0 Å². The molecule has 8 heteroatoms. The predicted octanol–water partition coefficient (Wildman–Crippen LogP) is -1.22. The third-order valence-corrected chi connectivity index (χ3v) is 3.26. The van der Waals surface area contributed by atoms with Gasteiger partial charge >= 0.3 is 5.97 Å². The number of aliphatic hydroxyl groups is 1. The largest absolute Gasteiger partial charge is 0.480 e. The molecule has 0 saturated carbocycles. The number of aliphatic hydroxyl groups excluding tert-OH is 1. The number of hydrogen-bond donors (Lipinski definition) is 3. The molecule has 0 heterocycles. The van der Waals surface area contributed by atoms with E-state index in [1.807, 2.05) is 4.72 Å². The van der Waals surface area contributed by atoms with E-state index in [0.717, 1.165) is 0 Å². The van der Waals surface area contributed by atoms with Crippen LogP contribution in [0.15, 0.2) is 0 Å². The number of rotatable bonds is 8. The first-order valence-electron chi connectivity index (χ1n) is 4.70. The lowest BCUT2D eigenvalue weighted by Crippen LogP contribution is -2.48. The summed E-state index contributed by atoms with van der Waals surface area (Å²) in [5, 5.41) is 17.8. The first kappa shape index (κ1) is 15.3. The van der Waals surface area contributed by atoms with Crippen LogP contribution in [0.25, 0.3) is 0 Å². The van der Waals surface area contributed by atoms with Crippen molar-refractivity contribution in [3.8, 4) is 0 Å². The van der Waals surface area contributed by atoms with Crippen LogP contribution in [0.5, 0.6) is 0 Å². The minimum Gasteiger partial charge on any atom is -0.480 e. The van der Waals surface area contributed by atoms with E-state index < -0.39 is 28.1 Å². The molecule has 0 aromatic carbocycles. The van der Waals surface area contributed by atoms with Gasteiger partial charge in [-0.2, -0.15) is 4.72 Å². The smallest absolute Gasteiger partial charge is 0.324 e. The summed E-state index contributed by atoms with van der Waals surface area (Å²) < 4.78 is 29.4. The monoisotopic (exact) mass is 255 g/mol. The maximum atomic E-state index is 11.4. The van der Waals surface area contributed by atoms with Crippen molar-refractivity contribution in [2.75, 3.05) is 19.5 Å². The number of carboxylic acid groups (broad SMARTS) is 1. The molecule has 0 aliphatic heterocycles. The quantitative estimate of drug-likeness (QED) is 0.468. The lowest BCUT2D eigenvalue weighted by molar-refractivity contribution is -0.141. The molecular weight excluding hydrogens is 238 g/mol. The molecule has 0 aliphatic rings. The zero-order valence-corrected chi connectivity index (χ0v) is 10.0. The molecule has 0 aromatic heterocycles. The summed E-state index contributed by atoms with van der Waals surface area (Å²) in [4.78, 5) is 10.6. The van der Waals surface area contributed by atoms with Gasteiger partial charge in [0.15, 0.2) is 0 Å². The first-order valence-corrected chi connectivity index (χ1v) is 6.35. The van der Waals surface area contributed by atoms with E-state index in [1.54, 1.807) is 0 Å². The van der Waals surface area contributed by atoms with E-state index in [4.69, 9.17) is 10.2 Å². The van der Waals surface area contributed by atoms with E-state index >= 15 is 0 Å². The Kier molecular flexibility index (Phi) is 6.49. The summed E-state index contributed by atoms with van der Waals surface area (Å²) in [6.07, 6.45) is -1.03. The molecule has 16 heavy (non-hydrogen) atoms. The van der Waals surface area contributed by atoms with Gasteiger partial charge in [0.25, 0.3) is 0 Å². The molecule has 3 N–H and O–H groups in total. The van der Waals surface area contributed by atoms with Crippen molar-refractivity contribution < 1.29 is 28.2 Å². The fraction of sp³-hybridized carbons (Fsp3) is 0.875. The van der Waals surface area contributed by atoms with E-state index in [-0.39, 0.29) is 18.8 Å². The van der Waals surface area contributed by atoms with E-state index in [0.29, 0.717) is 0 Å². The van der Waals surface area contributed by atoms with Crippen molar-refractivity contribution in [2.45, 2.75) is 25.5 Å². The van der Waals surface area contributed by atoms with Crippen LogP contribution in [-0.4, -0.2) is 56.2 Å². The van der Waals surface area contributed by atoms with Crippen LogP contribution in [0.1, 0.15) is 13.3 Å². The minimum atomic E-state index is -3.71. The average molecular weight is 255 g/mol. The molecule has 0 rings (SSSR count). The Balaban J connectivity index is 4.37. The number of ether oxygens (including phenoxy) is 1. The number of aliphatic carboxylic acids is 1. The van der Waals surface area contributed by atoms with Gasteiger partial charge in [0.2, 0.25) is 10.0 Å². The van der Waals surface area contributed by atoms with Gasteiger partial charge in [0, 0.05) is 13.7 Å². The molecule has 2 atom stereocenters. The highest BCUT2D eigenvalue weighted by atomic mass is 32.2. The Hall–Kier alpha value is -0.700. The van der Waals surface area contributed by atoms with Crippen molar-refractivity contribution in [3.05, 3.63) is 0 Å². The highest BCUT2D eigenvalue weighted by molar-refractivity contribution is 7.89. The number of carboxylic acids is 1. The Morgan fingerprint density at radius 2 is 2.06 bits per heavy atom. The van der Waals surface area contributed by atoms with Gasteiger partial charge < -0.3 is 14.9 Å². The molecule has 0 aromatic rings. The highest BCUT2D eigenvalue weighted by Crippen LogP contribution is 1.98. The molecule has 7 nitrogen and oxygen atoms in total. The Bertz CT molecular complexity index is 312. The molecule has 0 saturated heterocycles. The molecule has 0 amide bonds. The summed E-state index contributed by atoms with van der Waals surface area (Å²) in [6, 6.07) is -1.52. The minimum absolute atomic E-state index is 0.239. The normalized spacial score (nSPS) is 15.7. The zero-order valence-electron chi connectivity index (χ0n) is 9.21. The molecule has 0 fully saturated rings. The van der Waals surface area contributed by atoms with Gasteiger partial charge in [-0.3, -0.25) is 4.79 Å². The van der Waals surface area contributed by atoms with Crippen LogP contribution >= 0.6 is 0 Å². The standard InChI is InChI=1S/C8H17NO6S/c1-6(10)7(8(11)12)9-16(13,14)5-3-4-15-2/h6-7,9-10H,3-5H2,1-2H3,(H,11,12). The lowest BCUT2D eigenvalue weighted by Gasteiger charge is -2.16. The topological polar surface area (TPSA) is 113 Å². The summed E-state index contributed by atoms with van der Waals surface area (Å²) in [5.74, 6) is -1.65. The van der Waals surface area contributed by atoms with E-state index in [9.17, 15) is 13.2 Å². The fourth-order valence-corrected chi connectivity index (χ4v) is 2.30. The molecule has 0 spiro atoms. The van der Waals surface area contributed by atoms with Gasteiger partial charge in [-0.25, -0.2) is 8.42 Å². The number of sulfonamides is 1. The van der Waals surface area contributed by atoms with Gasteiger partial charge in [0.1, 0.15) is 6.04 Å². The Labute approximate surface area is 94.5 Å². The summed E-state index contributed by atoms with van der Waals surface area (Å²) in [5.41, 5.74) is 0. The Morgan fingerprint density at radius 1 is 1.50 bits per heavy atom. The second-order valence-electron chi connectivity index (χ2n) is 3.34. The highest BCUT2D eigenvalue weighted by Gasteiger charge is 2.27. The fourth-order valence-electron chi connectivity index (χ4n) is 1.00. The molecule has 96 valence electrons. The molecule has 2 unspecified atom stereocenters. The summed E-state index contributed by atoms with van der Waals surface area (Å²) in [7, 11) is -2.27. The predicted molar refractivity (Wildman–Crippen MR) is 56.5 cm³/mol. The van der Waals surface area contributed by atoms with Crippen LogP contribution in [0.2, 0.25) is 0 Å². The zero-order chi connectivity index (χ0) is 12.8. The lowest BCUT2D eigenvalue weighted by atomic mass is 10.2. The summed E-state index contributed by atoms with van der Waals surface area (Å²) >= 11 is 0. The van der Waals surface area contributed by atoms with Crippen LogP contribution < -0.4 is 4.72 Å². The van der Waals surface area contributed by atoms with Crippen LogP contribution in [-0.2, 0) is 19.6 Å². The van der Waals surface area contributed by atoms with Gasteiger partial charge in [-0.05, 0) is 13.3 Å². The average Bonchev–Trinajstić information content (AvgIpc) is 2.13. The van der Waals surface area contributed by atoms with Gasteiger partial charge in [-0.1, -0.05) is 0 Å². The Morgan fingerprint density at radius 3 is 2.44 bits per heavy atom. The van der Waals surface area contributed by atoms with Gasteiger partial charge in [0.05, 0.1) is 11.9 Å². The molecular formula is C8H17NO6S. The van der Waals surface area contributed by atoms with Crippen molar-refractivity contribution >= 4 is 16.0 Å². The van der Waals surface area contributed by atoms with Crippen molar-refractivity contribution in [1.29, 1.82) is 0 Å². The number of methoxy groups -OCH3 is 1. The van der Waals surface area contributed by atoms with Crippen LogP contribution in [0.3, 0.4) is 0 Å². The third kappa shape index (κ3) is 6.01. The van der Waals surface area contributed by atoms with Gasteiger partial charge in [-0.15, -0.1) is 0 Å². The van der Waals surface area contributed by atoms with E-state index in [1.165, 1.54) is 14.0 Å².